The Morgan fingerprint density at radius 1 is 1.56 bits per heavy atom. The van der Waals surface area contributed by atoms with E-state index in [2.05, 4.69) is 15.3 Å². The summed E-state index contributed by atoms with van der Waals surface area (Å²) in [5.74, 6) is -0.404. The quantitative estimate of drug-likeness (QED) is 0.776. The molecule has 0 saturated carbocycles. The van der Waals surface area contributed by atoms with E-state index >= 15 is 0 Å². The van der Waals surface area contributed by atoms with Crippen LogP contribution >= 0.6 is 11.3 Å². The fraction of sp³-hybridized carbons (Fsp3) is 0.364. The molecule has 0 fully saturated rings. The lowest BCUT2D eigenvalue weighted by Gasteiger charge is -2.08. The van der Waals surface area contributed by atoms with E-state index in [0.717, 1.165) is 11.3 Å². The molecule has 0 amide bonds. The van der Waals surface area contributed by atoms with Gasteiger partial charge in [0.25, 0.3) is 0 Å². The third-order valence-electron chi connectivity index (χ3n) is 2.49. The summed E-state index contributed by atoms with van der Waals surface area (Å²) >= 11 is 1.13. The normalized spacial score (nSPS) is 12.6. The summed E-state index contributed by atoms with van der Waals surface area (Å²) in [6.45, 7) is 3.75. The van der Waals surface area contributed by atoms with Crippen LogP contribution in [-0.4, -0.2) is 38.8 Å². The van der Waals surface area contributed by atoms with Gasteiger partial charge in [-0.15, -0.1) is 11.3 Å². The first-order valence-electron chi connectivity index (χ1n) is 5.40. The highest BCUT2D eigenvalue weighted by atomic mass is 32.1. The zero-order chi connectivity index (χ0) is 13.3. The predicted molar refractivity (Wildman–Crippen MR) is 69.3 cm³/mol. The maximum Gasteiger partial charge on any atom is 0.346 e. The van der Waals surface area contributed by atoms with Crippen LogP contribution < -0.4 is 5.32 Å². The van der Waals surface area contributed by atoms with Crippen molar-refractivity contribution in [2.24, 2.45) is 0 Å². The number of nitrogens with zero attached hydrogens (tertiary/aromatic N) is 2. The van der Waals surface area contributed by atoms with Gasteiger partial charge in [-0.1, -0.05) is 0 Å². The number of thiophene rings is 1. The Balaban J connectivity index is 2.51. The largest absolute Gasteiger partial charge is 0.477 e. The summed E-state index contributed by atoms with van der Waals surface area (Å²) in [7, 11) is 0. The minimum Gasteiger partial charge on any atom is -0.477 e. The summed E-state index contributed by atoms with van der Waals surface area (Å²) in [6, 6.07) is 0. The molecule has 96 valence electrons. The SMILES string of the molecule is Cc1c(C(=O)O)sc2ncnc(NC[C@H](C)O)c12. The number of hydrogen-bond donors (Lipinski definition) is 3. The van der Waals surface area contributed by atoms with Crippen LogP contribution in [0.5, 0.6) is 0 Å². The van der Waals surface area contributed by atoms with Crippen molar-refractivity contribution in [3.8, 4) is 0 Å². The third kappa shape index (κ3) is 2.27. The first-order chi connectivity index (χ1) is 8.50. The number of carboxylic acid groups (broad SMARTS) is 1. The molecule has 0 radical (unpaired) electrons. The van der Waals surface area contributed by atoms with Crippen molar-refractivity contribution in [2.75, 3.05) is 11.9 Å². The number of carbonyl (C=O) groups is 1. The molecule has 0 bridgehead atoms. The Hall–Kier alpha value is -1.73. The van der Waals surface area contributed by atoms with Crippen molar-refractivity contribution in [3.63, 3.8) is 0 Å². The molecule has 2 aromatic heterocycles. The molecule has 0 unspecified atom stereocenters. The molecule has 0 spiro atoms. The maximum atomic E-state index is 11.1. The van der Waals surface area contributed by atoms with Crippen LogP contribution in [0, 0.1) is 6.92 Å². The topological polar surface area (TPSA) is 95.3 Å². The highest BCUT2D eigenvalue weighted by molar-refractivity contribution is 7.20. The van der Waals surface area contributed by atoms with Crippen LogP contribution in [-0.2, 0) is 0 Å². The van der Waals surface area contributed by atoms with E-state index in [1.165, 1.54) is 6.33 Å². The summed E-state index contributed by atoms with van der Waals surface area (Å²) < 4.78 is 0. The smallest absolute Gasteiger partial charge is 0.346 e. The van der Waals surface area contributed by atoms with Gasteiger partial charge in [-0.3, -0.25) is 0 Å². The van der Waals surface area contributed by atoms with Crippen LogP contribution in [0.4, 0.5) is 5.82 Å². The van der Waals surface area contributed by atoms with E-state index in [-0.39, 0.29) is 4.88 Å². The van der Waals surface area contributed by atoms with Crippen molar-refractivity contribution in [1.29, 1.82) is 0 Å². The van der Waals surface area contributed by atoms with Gasteiger partial charge in [0.15, 0.2) is 0 Å². The van der Waals surface area contributed by atoms with E-state index in [9.17, 15) is 9.90 Å². The molecule has 3 N–H and O–H groups in total. The molecule has 0 aliphatic rings. The Bertz CT molecular complexity index is 594. The van der Waals surface area contributed by atoms with Gasteiger partial charge in [0.2, 0.25) is 0 Å². The third-order valence-corrected chi connectivity index (χ3v) is 3.67. The van der Waals surface area contributed by atoms with Crippen LogP contribution in [0.2, 0.25) is 0 Å². The van der Waals surface area contributed by atoms with Gasteiger partial charge in [-0.25, -0.2) is 14.8 Å². The highest BCUT2D eigenvalue weighted by Crippen LogP contribution is 2.33. The maximum absolute atomic E-state index is 11.1. The van der Waals surface area contributed by atoms with E-state index < -0.39 is 12.1 Å². The fourth-order valence-electron chi connectivity index (χ4n) is 1.65. The van der Waals surface area contributed by atoms with E-state index in [1.807, 2.05) is 0 Å². The minimum absolute atomic E-state index is 0.269. The molecular formula is C11H13N3O3S. The van der Waals surface area contributed by atoms with Crippen molar-refractivity contribution in [3.05, 3.63) is 16.8 Å². The number of hydrogen-bond acceptors (Lipinski definition) is 6. The molecule has 6 nitrogen and oxygen atoms in total. The lowest BCUT2D eigenvalue weighted by molar-refractivity contribution is 0.0701. The number of fused-ring (bicyclic) bond motifs is 1. The summed E-state index contributed by atoms with van der Waals surface area (Å²) in [4.78, 5) is 20.1. The number of rotatable bonds is 4. The van der Waals surface area contributed by atoms with Crippen molar-refractivity contribution in [1.82, 2.24) is 9.97 Å². The van der Waals surface area contributed by atoms with Gasteiger partial charge >= 0.3 is 5.97 Å². The van der Waals surface area contributed by atoms with Crippen LogP contribution in [0.15, 0.2) is 6.33 Å². The average Bonchev–Trinajstić information content (AvgIpc) is 2.65. The summed E-state index contributed by atoms with van der Waals surface area (Å²) in [5, 5.41) is 22.0. The number of aliphatic hydroxyl groups excluding tert-OH is 1. The molecule has 0 aliphatic carbocycles. The van der Waals surface area contributed by atoms with Crippen LogP contribution in [0.3, 0.4) is 0 Å². The molecule has 0 aromatic carbocycles. The van der Waals surface area contributed by atoms with Crippen LogP contribution in [0.25, 0.3) is 10.2 Å². The number of nitrogens with one attached hydrogen (secondary N) is 1. The number of aliphatic hydroxyl groups is 1. The monoisotopic (exact) mass is 267 g/mol. The second-order valence-corrected chi connectivity index (χ2v) is 4.99. The van der Waals surface area contributed by atoms with Gasteiger partial charge in [0.1, 0.15) is 21.9 Å². The first-order valence-corrected chi connectivity index (χ1v) is 6.21. The molecule has 7 heteroatoms. The number of anilines is 1. The lowest BCUT2D eigenvalue weighted by atomic mass is 10.2. The number of aromatic carboxylic acids is 1. The van der Waals surface area contributed by atoms with Gasteiger partial charge in [-0.2, -0.15) is 0 Å². The van der Waals surface area contributed by atoms with Crippen molar-refractivity contribution < 1.29 is 15.0 Å². The lowest BCUT2D eigenvalue weighted by Crippen LogP contribution is -2.16. The fourth-order valence-corrected chi connectivity index (χ4v) is 2.64. The molecular weight excluding hydrogens is 254 g/mol. The van der Waals surface area contributed by atoms with Gasteiger partial charge in [0, 0.05) is 6.54 Å². The van der Waals surface area contributed by atoms with E-state index in [0.29, 0.717) is 28.1 Å². The molecule has 2 aromatic rings. The van der Waals surface area contributed by atoms with Crippen molar-refractivity contribution in [2.45, 2.75) is 20.0 Å². The molecule has 0 aliphatic heterocycles. The number of aromatic nitrogens is 2. The second kappa shape index (κ2) is 4.87. The predicted octanol–water partition coefficient (Wildman–Crippen LogP) is 1.49. The Morgan fingerprint density at radius 2 is 2.28 bits per heavy atom. The molecule has 2 heterocycles. The minimum atomic E-state index is -0.961. The van der Waals surface area contributed by atoms with E-state index in [1.54, 1.807) is 13.8 Å². The Labute approximate surface area is 107 Å². The number of aryl methyl sites for hydroxylation is 1. The molecule has 2 rings (SSSR count). The van der Waals surface area contributed by atoms with Gasteiger partial charge in [-0.05, 0) is 19.4 Å². The van der Waals surface area contributed by atoms with Gasteiger partial charge in [0.05, 0.1) is 11.5 Å². The van der Waals surface area contributed by atoms with Gasteiger partial charge < -0.3 is 15.5 Å². The highest BCUT2D eigenvalue weighted by Gasteiger charge is 2.18. The van der Waals surface area contributed by atoms with E-state index in [4.69, 9.17) is 5.11 Å². The zero-order valence-corrected chi connectivity index (χ0v) is 10.8. The molecule has 0 saturated heterocycles. The Morgan fingerprint density at radius 3 is 2.89 bits per heavy atom. The standard InChI is InChI=1S/C11H13N3O3S/c1-5(15)3-12-9-7-6(2)8(11(16)17)18-10(7)14-4-13-9/h4-5,15H,3H2,1-2H3,(H,16,17)(H,12,13,14)/t5-/m0/s1. The average molecular weight is 267 g/mol. The number of carboxylic acids is 1. The Kier molecular flexibility index (Phi) is 3.44. The summed E-state index contributed by atoms with van der Waals surface area (Å²) in [5.41, 5.74) is 0.649. The molecule has 18 heavy (non-hydrogen) atoms. The molecule has 1 atom stereocenters. The second-order valence-electron chi connectivity index (χ2n) is 3.99. The zero-order valence-electron chi connectivity index (χ0n) is 9.97. The van der Waals surface area contributed by atoms with Crippen LogP contribution in [0.1, 0.15) is 22.2 Å². The summed E-state index contributed by atoms with van der Waals surface area (Å²) in [6.07, 6.45) is 0.877. The van der Waals surface area contributed by atoms with Crippen molar-refractivity contribution >= 4 is 33.3 Å². The first kappa shape index (κ1) is 12.7.